The lowest BCUT2D eigenvalue weighted by Crippen LogP contribution is -2.33. The quantitative estimate of drug-likeness (QED) is 0.728. The summed E-state index contributed by atoms with van der Waals surface area (Å²) in [7, 11) is 0. The second-order valence-corrected chi connectivity index (χ2v) is 4.90. The van der Waals surface area contributed by atoms with Gasteiger partial charge in [0.05, 0.1) is 5.02 Å². The van der Waals surface area contributed by atoms with Gasteiger partial charge in [0, 0.05) is 19.3 Å². The Hall–Kier alpha value is -0.760. The maximum absolute atomic E-state index is 5.90. The Morgan fingerprint density at radius 2 is 2.07 bits per heavy atom. The zero-order chi connectivity index (χ0) is 10.8. The summed E-state index contributed by atoms with van der Waals surface area (Å²) in [6.45, 7) is 6.64. The number of nitrogens with zero attached hydrogens (tertiary/aromatic N) is 2. The highest BCUT2D eigenvalue weighted by Gasteiger charge is 2.18. The molecule has 15 heavy (non-hydrogen) atoms. The van der Waals surface area contributed by atoms with Crippen LogP contribution in [0.3, 0.4) is 0 Å². The van der Waals surface area contributed by atoms with Crippen molar-refractivity contribution in [1.29, 1.82) is 0 Å². The van der Waals surface area contributed by atoms with E-state index in [4.69, 9.17) is 11.6 Å². The summed E-state index contributed by atoms with van der Waals surface area (Å²) in [6, 6.07) is 1.99. The number of aryl methyl sites for hydroxylation is 1. The van der Waals surface area contributed by atoms with Crippen molar-refractivity contribution in [3.05, 3.63) is 22.8 Å². The van der Waals surface area contributed by atoms with E-state index in [0.29, 0.717) is 0 Å². The third kappa shape index (κ3) is 2.43. The maximum atomic E-state index is 5.90. The largest absolute Gasteiger partial charge is 0.356 e. The van der Waals surface area contributed by atoms with Gasteiger partial charge in [-0.2, -0.15) is 0 Å². The summed E-state index contributed by atoms with van der Waals surface area (Å²) < 4.78 is 0. The van der Waals surface area contributed by atoms with E-state index in [9.17, 15) is 0 Å². The van der Waals surface area contributed by atoms with E-state index in [0.717, 1.165) is 29.8 Å². The molecule has 0 radical (unpaired) electrons. The number of pyridine rings is 1. The molecule has 2 heterocycles. The molecule has 0 amide bonds. The molecule has 0 aromatic carbocycles. The molecule has 0 atom stereocenters. The molecule has 0 spiro atoms. The second kappa shape index (κ2) is 4.40. The van der Waals surface area contributed by atoms with Gasteiger partial charge in [-0.3, -0.25) is 0 Å². The van der Waals surface area contributed by atoms with Crippen molar-refractivity contribution >= 4 is 17.4 Å². The van der Waals surface area contributed by atoms with Crippen LogP contribution in [0.25, 0.3) is 0 Å². The van der Waals surface area contributed by atoms with Gasteiger partial charge in [-0.05, 0) is 37.3 Å². The van der Waals surface area contributed by atoms with Crippen LogP contribution in [0.4, 0.5) is 5.82 Å². The minimum Gasteiger partial charge on any atom is -0.356 e. The van der Waals surface area contributed by atoms with Crippen LogP contribution in [0.15, 0.2) is 12.3 Å². The molecule has 82 valence electrons. The van der Waals surface area contributed by atoms with Crippen LogP contribution in [0, 0.1) is 12.8 Å². The van der Waals surface area contributed by atoms with Crippen molar-refractivity contribution in [3.63, 3.8) is 0 Å². The first-order valence-electron chi connectivity index (χ1n) is 5.54. The van der Waals surface area contributed by atoms with Gasteiger partial charge in [-0.25, -0.2) is 4.98 Å². The van der Waals surface area contributed by atoms with Gasteiger partial charge in [0.1, 0.15) is 5.82 Å². The van der Waals surface area contributed by atoms with E-state index in [1.807, 2.05) is 6.07 Å². The van der Waals surface area contributed by atoms with Crippen molar-refractivity contribution in [2.45, 2.75) is 26.7 Å². The zero-order valence-electron chi connectivity index (χ0n) is 9.33. The fourth-order valence-electron chi connectivity index (χ4n) is 2.08. The molecular formula is C12H17ClN2. The van der Waals surface area contributed by atoms with Gasteiger partial charge in [0.25, 0.3) is 0 Å². The summed E-state index contributed by atoms with van der Waals surface area (Å²) >= 11 is 5.90. The first-order chi connectivity index (χ1) is 7.16. The minimum absolute atomic E-state index is 0.724. The van der Waals surface area contributed by atoms with Gasteiger partial charge >= 0.3 is 0 Å². The van der Waals surface area contributed by atoms with Crippen molar-refractivity contribution in [2.24, 2.45) is 5.92 Å². The summed E-state index contributed by atoms with van der Waals surface area (Å²) in [5.74, 6) is 1.96. The van der Waals surface area contributed by atoms with Gasteiger partial charge in [0.2, 0.25) is 0 Å². The van der Waals surface area contributed by atoms with Gasteiger partial charge < -0.3 is 4.90 Å². The normalized spacial score (nSPS) is 18.2. The molecule has 1 saturated heterocycles. The van der Waals surface area contributed by atoms with Crippen molar-refractivity contribution in [3.8, 4) is 0 Å². The highest BCUT2D eigenvalue weighted by molar-refractivity contribution is 6.30. The Kier molecular flexibility index (Phi) is 3.15. The minimum atomic E-state index is 0.724. The molecule has 2 nitrogen and oxygen atoms in total. The van der Waals surface area contributed by atoms with Crippen LogP contribution in [0.5, 0.6) is 0 Å². The molecule has 0 N–H and O–H groups in total. The fraction of sp³-hybridized carbons (Fsp3) is 0.583. The first-order valence-corrected chi connectivity index (χ1v) is 5.91. The first kappa shape index (κ1) is 10.7. The molecule has 0 saturated carbocycles. The standard InChI is InChI=1S/C12H17ClN2/c1-9-3-5-15(6-4-9)12-10(2)7-11(13)8-14-12/h7-9H,3-6H2,1-2H3. The predicted octanol–water partition coefficient (Wildman–Crippen LogP) is 3.28. The van der Waals surface area contributed by atoms with E-state index >= 15 is 0 Å². The van der Waals surface area contributed by atoms with Crippen molar-refractivity contribution < 1.29 is 0 Å². The van der Waals surface area contributed by atoms with Crippen LogP contribution >= 0.6 is 11.6 Å². The van der Waals surface area contributed by atoms with Crippen LogP contribution in [-0.2, 0) is 0 Å². The zero-order valence-corrected chi connectivity index (χ0v) is 10.1. The SMILES string of the molecule is Cc1cc(Cl)cnc1N1CCC(C)CC1. The number of piperidine rings is 1. The van der Waals surface area contributed by atoms with Crippen molar-refractivity contribution in [1.82, 2.24) is 4.98 Å². The predicted molar refractivity (Wildman–Crippen MR) is 64.6 cm³/mol. The lowest BCUT2D eigenvalue weighted by molar-refractivity contribution is 0.436. The molecule has 1 aromatic rings. The number of hydrogen-bond donors (Lipinski definition) is 0. The summed E-state index contributed by atoms with van der Waals surface area (Å²) in [5.41, 5.74) is 1.18. The number of rotatable bonds is 1. The third-order valence-electron chi connectivity index (χ3n) is 3.10. The lowest BCUT2D eigenvalue weighted by atomic mass is 9.99. The molecule has 2 rings (SSSR count). The average Bonchev–Trinajstić information content (AvgIpc) is 2.20. The Bertz CT molecular complexity index is 343. The van der Waals surface area contributed by atoms with Gasteiger partial charge in [-0.15, -0.1) is 0 Å². The number of anilines is 1. The van der Waals surface area contributed by atoms with E-state index < -0.39 is 0 Å². The molecule has 0 aliphatic carbocycles. The third-order valence-corrected chi connectivity index (χ3v) is 3.31. The number of aromatic nitrogens is 1. The molecular weight excluding hydrogens is 208 g/mol. The summed E-state index contributed by atoms with van der Waals surface area (Å²) in [4.78, 5) is 6.79. The summed E-state index contributed by atoms with van der Waals surface area (Å²) in [6.07, 6.45) is 4.27. The molecule has 0 unspecified atom stereocenters. The fourth-order valence-corrected chi connectivity index (χ4v) is 2.30. The van der Waals surface area contributed by atoms with E-state index in [-0.39, 0.29) is 0 Å². The highest BCUT2D eigenvalue weighted by Crippen LogP contribution is 2.25. The molecule has 1 aliphatic heterocycles. The monoisotopic (exact) mass is 224 g/mol. The highest BCUT2D eigenvalue weighted by atomic mass is 35.5. The Balaban J connectivity index is 2.15. The van der Waals surface area contributed by atoms with Crippen LogP contribution in [0.1, 0.15) is 25.3 Å². The average molecular weight is 225 g/mol. The topological polar surface area (TPSA) is 16.1 Å². The van der Waals surface area contributed by atoms with Crippen LogP contribution in [0.2, 0.25) is 5.02 Å². The molecule has 0 bridgehead atoms. The maximum Gasteiger partial charge on any atom is 0.131 e. The second-order valence-electron chi connectivity index (χ2n) is 4.46. The number of halogens is 1. The smallest absolute Gasteiger partial charge is 0.131 e. The Morgan fingerprint density at radius 1 is 1.40 bits per heavy atom. The van der Waals surface area contributed by atoms with E-state index in [1.165, 1.54) is 18.4 Å². The Labute approximate surface area is 96.3 Å². The van der Waals surface area contributed by atoms with Gasteiger partial charge in [0.15, 0.2) is 0 Å². The molecule has 1 aromatic heterocycles. The Morgan fingerprint density at radius 3 is 2.67 bits per heavy atom. The van der Waals surface area contributed by atoms with Crippen LogP contribution < -0.4 is 4.90 Å². The van der Waals surface area contributed by atoms with Gasteiger partial charge in [-0.1, -0.05) is 18.5 Å². The van der Waals surface area contributed by atoms with Crippen LogP contribution in [-0.4, -0.2) is 18.1 Å². The van der Waals surface area contributed by atoms with E-state index in [2.05, 4.69) is 23.7 Å². The molecule has 1 fully saturated rings. The van der Waals surface area contributed by atoms with E-state index in [1.54, 1.807) is 6.20 Å². The number of hydrogen-bond acceptors (Lipinski definition) is 2. The molecule has 3 heteroatoms. The summed E-state index contributed by atoms with van der Waals surface area (Å²) in [5, 5.41) is 0.724. The lowest BCUT2D eigenvalue weighted by Gasteiger charge is -2.32. The molecule has 1 aliphatic rings. The van der Waals surface area contributed by atoms with Crippen molar-refractivity contribution in [2.75, 3.05) is 18.0 Å².